The van der Waals surface area contributed by atoms with Crippen molar-refractivity contribution in [1.29, 1.82) is 0 Å². The van der Waals surface area contributed by atoms with Crippen molar-refractivity contribution in [3.63, 3.8) is 0 Å². The summed E-state index contributed by atoms with van der Waals surface area (Å²) in [6.45, 7) is 1.97. The highest BCUT2D eigenvalue weighted by molar-refractivity contribution is 6.30. The number of nitrogens with zero attached hydrogens (tertiary/aromatic N) is 2. The van der Waals surface area contributed by atoms with Crippen molar-refractivity contribution in [1.82, 2.24) is 9.55 Å². The van der Waals surface area contributed by atoms with Gasteiger partial charge < -0.3 is 14.6 Å². The number of hydrogen-bond acceptors (Lipinski definition) is 5. The maximum absolute atomic E-state index is 13.7. The van der Waals surface area contributed by atoms with Gasteiger partial charge in [-0.3, -0.25) is 4.79 Å². The van der Waals surface area contributed by atoms with E-state index in [0.29, 0.717) is 22.1 Å². The van der Waals surface area contributed by atoms with Crippen LogP contribution in [0.5, 0.6) is 0 Å². The number of ketones is 1. The Bertz CT molecular complexity index is 1080. The molecule has 0 saturated heterocycles. The number of Topliss-reactive ketones (excluding diaryl/α,β-unsaturated/α-hetero) is 1. The third-order valence-corrected chi connectivity index (χ3v) is 5.35. The number of fused-ring (bicyclic) bond motifs is 1. The Kier molecular flexibility index (Phi) is 5.11. The predicted molar refractivity (Wildman–Crippen MR) is 110 cm³/mol. The molecule has 0 fully saturated rings. The van der Waals surface area contributed by atoms with Gasteiger partial charge in [0.1, 0.15) is 11.7 Å². The summed E-state index contributed by atoms with van der Waals surface area (Å²) in [5.41, 5.74) is 2.11. The van der Waals surface area contributed by atoms with E-state index in [1.165, 1.54) is 0 Å². The van der Waals surface area contributed by atoms with Crippen LogP contribution in [0.15, 0.2) is 54.9 Å². The highest BCUT2D eigenvalue weighted by Crippen LogP contribution is 2.43. The molecule has 0 amide bonds. The van der Waals surface area contributed by atoms with Crippen molar-refractivity contribution in [3.8, 4) is 0 Å². The van der Waals surface area contributed by atoms with Crippen LogP contribution in [0.3, 0.4) is 0 Å². The van der Waals surface area contributed by atoms with Crippen molar-refractivity contribution in [2.45, 2.75) is 18.9 Å². The van der Waals surface area contributed by atoms with Crippen LogP contribution in [0.25, 0.3) is 0 Å². The molecule has 1 aromatic heterocycles. The summed E-state index contributed by atoms with van der Waals surface area (Å²) in [5.74, 6) is -0.675. The molecule has 29 heavy (non-hydrogen) atoms. The molecule has 1 aliphatic heterocycles. The molecular weight excluding hydrogens is 390 g/mol. The number of ether oxygens (including phenoxy) is 1. The van der Waals surface area contributed by atoms with Crippen LogP contribution in [0.2, 0.25) is 5.02 Å². The quantitative estimate of drug-likeness (QED) is 0.647. The number of esters is 1. The molecule has 0 spiro atoms. The highest BCUT2D eigenvalue weighted by Gasteiger charge is 2.41. The maximum atomic E-state index is 13.7. The third kappa shape index (κ3) is 3.40. The molecule has 6 nitrogen and oxygen atoms in total. The molecule has 4 rings (SSSR count). The first-order valence-electron chi connectivity index (χ1n) is 9.34. The molecule has 2 atom stereocenters. The Hall–Kier alpha value is -3.12. The number of aromatic nitrogens is 2. The number of benzene rings is 2. The number of aryl methyl sites for hydroxylation is 1. The van der Waals surface area contributed by atoms with E-state index in [2.05, 4.69) is 10.3 Å². The number of carbonyl (C=O) groups is 2. The minimum Gasteiger partial charge on any atom is -0.462 e. The van der Waals surface area contributed by atoms with E-state index in [1.807, 2.05) is 23.7 Å². The Morgan fingerprint density at radius 2 is 2.00 bits per heavy atom. The minimum atomic E-state index is -0.612. The van der Waals surface area contributed by atoms with Crippen LogP contribution in [-0.2, 0) is 11.8 Å². The maximum Gasteiger partial charge on any atom is 0.338 e. The number of halogens is 1. The lowest BCUT2D eigenvalue weighted by Gasteiger charge is -2.34. The van der Waals surface area contributed by atoms with E-state index in [1.54, 1.807) is 49.6 Å². The highest BCUT2D eigenvalue weighted by atomic mass is 35.5. The zero-order valence-electron chi connectivity index (χ0n) is 16.1. The molecule has 7 heteroatoms. The first-order valence-corrected chi connectivity index (χ1v) is 9.72. The minimum absolute atomic E-state index is 0.170. The lowest BCUT2D eigenvalue weighted by molar-refractivity contribution is 0.0522. The Labute approximate surface area is 173 Å². The zero-order valence-corrected chi connectivity index (χ0v) is 16.8. The summed E-state index contributed by atoms with van der Waals surface area (Å²) >= 11 is 6.05. The lowest BCUT2D eigenvalue weighted by atomic mass is 9.80. The Morgan fingerprint density at radius 3 is 2.66 bits per heavy atom. The SMILES string of the molecule is CCOC(=O)c1cccc2c1C(=O)[C@@H](c1nccn1C)[C@@H](c1ccc(Cl)cc1)N2. The average Bonchev–Trinajstić information content (AvgIpc) is 3.13. The average molecular weight is 410 g/mol. The molecular formula is C22H20ClN3O3. The Balaban J connectivity index is 1.88. The molecule has 0 bridgehead atoms. The standard InChI is InChI=1S/C22H20ClN3O3/c1-3-29-22(28)15-5-4-6-16-17(15)20(27)18(21-24-11-12-26(21)2)19(25-16)13-7-9-14(23)10-8-13/h4-12,18-19,25H,3H2,1-2H3/t18-,19+/m0/s1. The summed E-state index contributed by atoms with van der Waals surface area (Å²) < 4.78 is 6.99. The fraction of sp³-hybridized carbons (Fsp3) is 0.227. The lowest BCUT2D eigenvalue weighted by Crippen LogP contribution is -2.34. The van der Waals surface area contributed by atoms with Gasteiger partial charge in [-0.2, -0.15) is 0 Å². The van der Waals surface area contributed by atoms with Crippen LogP contribution < -0.4 is 5.32 Å². The number of hydrogen-bond donors (Lipinski definition) is 1. The van der Waals surface area contributed by atoms with E-state index in [9.17, 15) is 9.59 Å². The van der Waals surface area contributed by atoms with Gasteiger partial charge in [0, 0.05) is 30.2 Å². The van der Waals surface area contributed by atoms with Gasteiger partial charge in [0.25, 0.3) is 0 Å². The smallest absolute Gasteiger partial charge is 0.338 e. The van der Waals surface area contributed by atoms with Crippen LogP contribution in [0.1, 0.15) is 51.0 Å². The molecule has 2 heterocycles. The third-order valence-electron chi connectivity index (χ3n) is 5.10. The summed E-state index contributed by atoms with van der Waals surface area (Å²) in [6.07, 6.45) is 3.46. The summed E-state index contributed by atoms with van der Waals surface area (Å²) in [6, 6.07) is 12.2. The topological polar surface area (TPSA) is 73.2 Å². The first-order chi connectivity index (χ1) is 14.0. The molecule has 0 aliphatic carbocycles. The van der Waals surface area contributed by atoms with Crippen molar-refractivity contribution in [2.24, 2.45) is 7.05 Å². The second kappa shape index (κ2) is 7.72. The number of imidazole rings is 1. The van der Waals surface area contributed by atoms with Crippen molar-refractivity contribution >= 4 is 29.0 Å². The van der Waals surface area contributed by atoms with E-state index in [-0.39, 0.29) is 24.0 Å². The number of nitrogens with one attached hydrogen (secondary N) is 1. The van der Waals surface area contributed by atoms with Gasteiger partial charge >= 0.3 is 5.97 Å². The van der Waals surface area contributed by atoms with Gasteiger partial charge in [0.2, 0.25) is 0 Å². The van der Waals surface area contributed by atoms with Crippen LogP contribution in [0, 0.1) is 0 Å². The normalized spacial score (nSPS) is 18.1. The van der Waals surface area contributed by atoms with Crippen LogP contribution in [0.4, 0.5) is 5.69 Å². The zero-order chi connectivity index (χ0) is 20.5. The Morgan fingerprint density at radius 1 is 1.24 bits per heavy atom. The van der Waals surface area contributed by atoms with Crippen LogP contribution in [-0.4, -0.2) is 27.9 Å². The number of anilines is 1. The molecule has 3 aromatic rings. The largest absolute Gasteiger partial charge is 0.462 e. The van der Waals surface area contributed by atoms with Crippen LogP contribution >= 0.6 is 11.6 Å². The van der Waals surface area contributed by atoms with E-state index < -0.39 is 11.9 Å². The molecule has 1 aliphatic rings. The molecule has 1 N–H and O–H groups in total. The summed E-state index contributed by atoms with van der Waals surface area (Å²) in [5, 5.41) is 4.06. The fourth-order valence-corrected chi connectivity index (χ4v) is 3.89. The second-order valence-corrected chi connectivity index (χ2v) is 7.30. The van der Waals surface area contributed by atoms with Crippen molar-refractivity contribution in [3.05, 3.63) is 82.4 Å². The van der Waals surface area contributed by atoms with Gasteiger partial charge in [-0.1, -0.05) is 29.8 Å². The first kappa shape index (κ1) is 19.2. The van der Waals surface area contributed by atoms with E-state index in [4.69, 9.17) is 16.3 Å². The molecule has 0 saturated carbocycles. The van der Waals surface area contributed by atoms with Crippen molar-refractivity contribution < 1.29 is 14.3 Å². The van der Waals surface area contributed by atoms with Gasteiger partial charge in [-0.05, 0) is 36.8 Å². The number of rotatable bonds is 4. The molecule has 2 aromatic carbocycles. The number of carbonyl (C=O) groups excluding carboxylic acids is 2. The monoisotopic (exact) mass is 409 g/mol. The predicted octanol–water partition coefficient (Wildman–Crippen LogP) is 4.38. The van der Waals surface area contributed by atoms with Gasteiger partial charge in [-0.15, -0.1) is 0 Å². The fourth-order valence-electron chi connectivity index (χ4n) is 3.76. The van der Waals surface area contributed by atoms with E-state index >= 15 is 0 Å². The molecule has 0 radical (unpaired) electrons. The van der Waals surface area contributed by atoms with Gasteiger partial charge in [0.15, 0.2) is 5.78 Å². The van der Waals surface area contributed by atoms with Crippen molar-refractivity contribution in [2.75, 3.05) is 11.9 Å². The van der Waals surface area contributed by atoms with Gasteiger partial charge in [0.05, 0.1) is 23.8 Å². The van der Waals surface area contributed by atoms with E-state index in [0.717, 1.165) is 5.56 Å². The summed E-state index contributed by atoms with van der Waals surface area (Å²) in [7, 11) is 1.85. The second-order valence-electron chi connectivity index (χ2n) is 6.86. The molecule has 0 unspecified atom stereocenters. The molecule has 148 valence electrons. The summed E-state index contributed by atoms with van der Waals surface area (Å²) in [4.78, 5) is 30.6. The van der Waals surface area contributed by atoms with Gasteiger partial charge in [-0.25, -0.2) is 9.78 Å².